The minimum Gasteiger partial charge on any atom is -0.501 e. The third-order valence-corrected chi connectivity index (χ3v) is 4.65. The van der Waals surface area contributed by atoms with Crippen molar-refractivity contribution in [2.24, 2.45) is 4.99 Å². The molecule has 1 unspecified atom stereocenters. The van der Waals surface area contributed by atoms with Gasteiger partial charge in [0, 0.05) is 48.8 Å². The molecule has 0 saturated heterocycles. The summed E-state index contributed by atoms with van der Waals surface area (Å²) in [6, 6.07) is 7.81. The molecule has 1 amide bonds. The normalized spacial score (nSPS) is 15.2. The number of carbonyl (C=O) groups excluding carboxylic acids is 1. The summed E-state index contributed by atoms with van der Waals surface area (Å²) in [5, 5.41) is 6.16. The van der Waals surface area contributed by atoms with Gasteiger partial charge in [-0.2, -0.15) is 0 Å². The van der Waals surface area contributed by atoms with Crippen LogP contribution in [0.25, 0.3) is 0 Å². The number of amides is 1. The molecule has 2 N–H and O–H groups in total. The molecular weight excluding hydrogens is 374 g/mol. The second-order valence-electron chi connectivity index (χ2n) is 6.98. The van der Waals surface area contributed by atoms with Crippen LogP contribution in [-0.2, 0) is 9.53 Å². The number of allylic oxidation sites excluding steroid dienone is 5. The lowest BCUT2D eigenvalue weighted by atomic mass is 10.0. The van der Waals surface area contributed by atoms with Gasteiger partial charge < -0.3 is 15.4 Å². The van der Waals surface area contributed by atoms with Crippen LogP contribution < -0.4 is 10.6 Å². The number of aliphatic imine (C=N–C) groups is 1. The molecule has 0 spiro atoms. The van der Waals surface area contributed by atoms with E-state index >= 15 is 0 Å². The third kappa shape index (κ3) is 7.59. The fourth-order valence-electron chi connectivity index (χ4n) is 2.96. The first-order chi connectivity index (χ1) is 14.5. The summed E-state index contributed by atoms with van der Waals surface area (Å²) in [7, 11) is 1.71. The topological polar surface area (TPSA) is 62.7 Å². The van der Waals surface area contributed by atoms with Crippen molar-refractivity contribution in [1.29, 1.82) is 0 Å². The van der Waals surface area contributed by atoms with E-state index in [-0.39, 0.29) is 11.9 Å². The molecule has 158 valence electrons. The molecule has 0 fully saturated rings. The van der Waals surface area contributed by atoms with Gasteiger partial charge in [-0.05, 0) is 49.6 Å². The Bertz CT molecular complexity index is 891. The first-order valence-electron chi connectivity index (χ1n) is 10.1. The summed E-state index contributed by atoms with van der Waals surface area (Å²) in [4.78, 5) is 16.4. The van der Waals surface area contributed by atoms with Crippen molar-refractivity contribution in [2.45, 2.75) is 39.2 Å². The summed E-state index contributed by atoms with van der Waals surface area (Å²) < 4.78 is 5.31. The minimum absolute atomic E-state index is 0.0697. The second-order valence-corrected chi connectivity index (χ2v) is 6.98. The first kappa shape index (κ1) is 22.9. The molecule has 0 radical (unpaired) electrons. The number of nitrogens with zero attached hydrogens (tertiary/aromatic N) is 1. The molecular formula is C25H31N3O2. The molecule has 0 bridgehead atoms. The maximum atomic E-state index is 12.1. The second kappa shape index (κ2) is 12.3. The van der Waals surface area contributed by atoms with Crippen LogP contribution in [0.5, 0.6) is 0 Å². The van der Waals surface area contributed by atoms with E-state index in [4.69, 9.17) is 4.74 Å². The van der Waals surface area contributed by atoms with Crippen molar-refractivity contribution >= 4 is 17.8 Å². The molecule has 5 nitrogen and oxygen atoms in total. The van der Waals surface area contributed by atoms with Gasteiger partial charge in [-0.15, -0.1) is 0 Å². The molecule has 1 atom stereocenters. The van der Waals surface area contributed by atoms with Crippen LogP contribution in [-0.4, -0.2) is 19.2 Å². The zero-order valence-electron chi connectivity index (χ0n) is 18.0. The van der Waals surface area contributed by atoms with Gasteiger partial charge in [0.15, 0.2) is 0 Å². The van der Waals surface area contributed by atoms with Crippen LogP contribution in [0.15, 0.2) is 89.4 Å². The van der Waals surface area contributed by atoms with Gasteiger partial charge in [-0.1, -0.05) is 36.9 Å². The monoisotopic (exact) mass is 405 g/mol. The van der Waals surface area contributed by atoms with Crippen LogP contribution in [0.1, 0.15) is 44.7 Å². The van der Waals surface area contributed by atoms with E-state index in [0.29, 0.717) is 5.57 Å². The van der Waals surface area contributed by atoms with Crippen molar-refractivity contribution < 1.29 is 9.53 Å². The van der Waals surface area contributed by atoms with Crippen LogP contribution in [0.4, 0.5) is 5.69 Å². The Kier molecular flexibility index (Phi) is 9.38. The zero-order chi connectivity index (χ0) is 21.8. The molecule has 0 heterocycles. The van der Waals surface area contributed by atoms with Gasteiger partial charge in [-0.25, -0.2) is 0 Å². The molecule has 1 aromatic rings. The number of hydrogen-bond donors (Lipinski definition) is 2. The van der Waals surface area contributed by atoms with Gasteiger partial charge in [-0.3, -0.25) is 9.79 Å². The molecule has 1 aliphatic carbocycles. The van der Waals surface area contributed by atoms with E-state index < -0.39 is 0 Å². The Morgan fingerprint density at radius 3 is 3.00 bits per heavy atom. The number of benzene rings is 1. The van der Waals surface area contributed by atoms with Gasteiger partial charge >= 0.3 is 0 Å². The van der Waals surface area contributed by atoms with Crippen LogP contribution >= 0.6 is 0 Å². The largest absolute Gasteiger partial charge is 0.501 e. The molecule has 5 heteroatoms. The zero-order valence-corrected chi connectivity index (χ0v) is 18.0. The molecule has 0 aliphatic heterocycles. The Labute approximate surface area is 179 Å². The number of hydrogen-bond acceptors (Lipinski definition) is 4. The number of ether oxygens (including phenoxy) is 1. The summed E-state index contributed by atoms with van der Waals surface area (Å²) in [5.74, 6) is 0.817. The van der Waals surface area contributed by atoms with E-state index in [0.717, 1.165) is 36.3 Å². The van der Waals surface area contributed by atoms with E-state index in [1.165, 1.54) is 5.57 Å². The highest BCUT2D eigenvalue weighted by Gasteiger charge is 2.07. The van der Waals surface area contributed by atoms with Crippen molar-refractivity contribution in [3.8, 4) is 0 Å². The summed E-state index contributed by atoms with van der Waals surface area (Å²) in [6.45, 7) is 7.66. The van der Waals surface area contributed by atoms with Gasteiger partial charge in [0.05, 0.1) is 12.9 Å². The maximum Gasteiger partial charge on any atom is 0.255 e. The molecule has 1 aromatic carbocycles. The van der Waals surface area contributed by atoms with Crippen molar-refractivity contribution in [3.05, 3.63) is 90.0 Å². The van der Waals surface area contributed by atoms with Crippen molar-refractivity contribution in [3.63, 3.8) is 0 Å². The highest BCUT2D eigenvalue weighted by Crippen LogP contribution is 2.19. The molecule has 0 aromatic heterocycles. The van der Waals surface area contributed by atoms with Gasteiger partial charge in [0.1, 0.15) is 0 Å². The Morgan fingerprint density at radius 2 is 2.23 bits per heavy atom. The SMILES string of the molecule is C=C(/C=C\C)C(=O)Nc1cccc(C(C)N/C=C/N=CCC2=CCCC(OC)=C2)c1. The van der Waals surface area contributed by atoms with E-state index in [9.17, 15) is 4.79 Å². The smallest absolute Gasteiger partial charge is 0.255 e. The van der Waals surface area contributed by atoms with Gasteiger partial charge in [0.2, 0.25) is 0 Å². The van der Waals surface area contributed by atoms with Crippen molar-refractivity contribution in [1.82, 2.24) is 5.32 Å². The first-order valence-corrected chi connectivity index (χ1v) is 10.1. The number of nitrogens with one attached hydrogen (secondary N) is 2. The van der Waals surface area contributed by atoms with E-state index in [1.54, 1.807) is 25.5 Å². The predicted octanol–water partition coefficient (Wildman–Crippen LogP) is 5.59. The van der Waals surface area contributed by atoms with Gasteiger partial charge in [0.25, 0.3) is 5.91 Å². The Morgan fingerprint density at radius 1 is 1.40 bits per heavy atom. The highest BCUT2D eigenvalue weighted by atomic mass is 16.5. The molecule has 2 rings (SSSR count). The predicted molar refractivity (Wildman–Crippen MR) is 125 cm³/mol. The average Bonchev–Trinajstić information content (AvgIpc) is 2.76. The van der Waals surface area contributed by atoms with Crippen LogP contribution in [0.2, 0.25) is 0 Å². The number of anilines is 1. The summed E-state index contributed by atoms with van der Waals surface area (Å²) in [5.41, 5.74) is 3.45. The number of methoxy groups -OCH3 is 1. The number of carbonyl (C=O) groups is 1. The number of rotatable bonds is 10. The maximum absolute atomic E-state index is 12.1. The Balaban J connectivity index is 1.83. The summed E-state index contributed by atoms with van der Waals surface area (Å²) in [6.07, 6.45) is 16.0. The third-order valence-electron chi connectivity index (χ3n) is 4.65. The molecule has 30 heavy (non-hydrogen) atoms. The highest BCUT2D eigenvalue weighted by molar-refractivity contribution is 6.05. The molecule has 1 aliphatic rings. The average molecular weight is 406 g/mol. The fourth-order valence-corrected chi connectivity index (χ4v) is 2.96. The fraction of sp³-hybridized carbons (Fsp3) is 0.280. The Hall–Kier alpha value is -3.34. The minimum atomic E-state index is -0.208. The van der Waals surface area contributed by atoms with E-state index in [2.05, 4.69) is 41.3 Å². The van der Waals surface area contributed by atoms with Crippen LogP contribution in [0, 0.1) is 0 Å². The quantitative estimate of drug-likeness (QED) is 0.303. The lowest BCUT2D eigenvalue weighted by molar-refractivity contribution is -0.112. The van der Waals surface area contributed by atoms with Crippen LogP contribution in [0.3, 0.4) is 0 Å². The summed E-state index contributed by atoms with van der Waals surface area (Å²) >= 11 is 0. The lowest BCUT2D eigenvalue weighted by Crippen LogP contribution is -2.14. The van der Waals surface area contributed by atoms with E-state index in [1.807, 2.05) is 43.6 Å². The standard InChI is InChI=1S/C25H31N3O2/c1-5-8-19(2)25(29)28-23-11-7-10-22(18-23)20(3)27-16-15-26-14-13-21-9-6-12-24(17-21)30-4/h5,7-11,14-18,20,27H,2,6,12-13H2,1,3-4H3,(H,28,29)/b8-5-,16-15+,26-14?. The molecule has 0 saturated carbocycles. The van der Waals surface area contributed by atoms with Crippen molar-refractivity contribution in [2.75, 3.05) is 12.4 Å². The lowest BCUT2D eigenvalue weighted by Gasteiger charge is -2.14.